The van der Waals surface area contributed by atoms with Gasteiger partial charge in [-0.05, 0) is 68.7 Å². The van der Waals surface area contributed by atoms with E-state index in [4.69, 9.17) is 8.92 Å². The van der Waals surface area contributed by atoms with Crippen molar-refractivity contribution in [2.24, 2.45) is 0 Å². The minimum Gasteiger partial charge on any atom is -0.452 e. The maximum atomic E-state index is 12.5. The van der Waals surface area contributed by atoms with Crippen molar-refractivity contribution >= 4 is 22.0 Å². The summed E-state index contributed by atoms with van der Waals surface area (Å²) >= 11 is 0. The Bertz CT molecular complexity index is 983. The van der Waals surface area contributed by atoms with Gasteiger partial charge < -0.3 is 14.2 Å². The van der Waals surface area contributed by atoms with Gasteiger partial charge >= 0.3 is 16.1 Å². The minimum absolute atomic E-state index is 0.00313. The molecule has 2 aromatic carbocycles. The lowest BCUT2D eigenvalue weighted by Crippen LogP contribution is -2.35. The molecule has 0 saturated carbocycles. The van der Waals surface area contributed by atoms with Crippen LogP contribution in [-0.2, 0) is 19.6 Å². The lowest BCUT2D eigenvalue weighted by atomic mass is 10.2. The molecule has 0 fully saturated rings. The predicted octanol–water partition coefficient (Wildman–Crippen LogP) is 3.14. The van der Waals surface area contributed by atoms with E-state index in [2.05, 4.69) is 5.32 Å². The number of ether oxygens (including phenoxy) is 1. The number of rotatable bonds is 8. The van der Waals surface area contributed by atoms with Crippen LogP contribution in [0.4, 0.5) is 0 Å². The number of hydrogen-bond donors (Lipinski definition) is 1. The Morgan fingerprint density at radius 2 is 1.72 bits per heavy atom. The molecule has 0 spiro atoms. The van der Waals surface area contributed by atoms with Gasteiger partial charge in [-0.2, -0.15) is 8.42 Å². The van der Waals surface area contributed by atoms with Crippen molar-refractivity contribution in [2.45, 2.75) is 45.1 Å². The van der Waals surface area contributed by atoms with Gasteiger partial charge in [-0.25, -0.2) is 4.79 Å². The quantitative estimate of drug-likeness (QED) is 0.521. The third-order valence-electron chi connectivity index (χ3n) is 4.26. The van der Waals surface area contributed by atoms with Gasteiger partial charge in [0.15, 0.2) is 6.61 Å². The van der Waals surface area contributed by atoms with Crippen molar-refractivity contribution in [1.82, 2.24) is 5.32 Å². The van der Waals surface area contributed by atoms with Crippen molar-refractivity contribution in [3.8, 4) is 5.75 Å². The van der Waals surface area contributed by atoms with Gasteiger partial charge in [-0.1, -0.05) is 19.1 Å². The van der Waals surface area contributed by atoms with Crippen LogP contribution in [0.5, 0.6) is 5.75 Å². The minimum atomic E-state index is -4.00. The molecule has 0 aromatic heterocycles. The maximum absolute atomic E-state index is 12.5. The van der Waals surface area contributed by atoms with E-state index in [0.29, 0.717) is 5.56 Å². The van der Waals surface area contributed by atoms with E-state index in [1.807, 2.05) is 19.9 Å². The van der Waals surface area contributed by atoms with E-state index in [0.717, 1.165) is 12.0 Å². The summed E-state index contributed by atoms with van der Waals surface area (Å²) in [5.74, 6) is -1.00. The molecule has 1 amide bonds. The maximum Gasteiger partial charge on any atom is 0.339 e. The summed E-state index contributed by atoms with van der Waals surface area (Å²) in [6.45, 7) is 6.88. The number of carbonyl (C=O) groups excluding carboxylic acids is 2. The van der Waals surface area contributed by atoms with Crippen LogP contribution in [-0.4, -0.2) is 32.9 Å². The summed E-state index contributed by atoms with van der Waals surface area (Å²) < 4.78 is 35.2. The second-order valence-corrected chi connectivity index (χ2v) is 8.30. The summed E-state index contributed by atoms with van der Waals surface area (Å²) in [4.78, 5) is 23.8. The zero-order valence-corrected chi connectivity index (χ0v) is 17.7. The standard InChI is InChI=1S/C21H25NO6S/c1-5-16(4)22-20(23)13-27-21(24)17-8-10-18(11-9-17)28-29(25,26)19-12-14(2)6-7-15(19)3/h6-12,16H,5,13H2,1-4H3,(H,22,23)/t16-/m0/s1. The summed E-state index contributed by atoms with van der Waals surface area (Å²) in [5, 5.41) is 2.69. The van der Waals surface area contributed by atoms with Crippen LogP contribution in [0, 0.1) is 13.8 Å². The summed E-state index contributed by atoms with van der Waals surface area (Å²) in [7, 11) is -4.00. The van der Waals surface area contributed by atoms with Crippen molar-refractivity contribution in [3.05, 3.63) is 59.2 Å². The normalized spacial score (nSPS) is 12.1. The molecule has 0 aliphatic rings. The molecule has 0 unspecified atom stereocenters. The molecule has 0 aliphatic heterocycles. The fourth-order valence-corrected chi connectivity index (χ4v) is 3.67. The zero-order valence-electron chi connectivity index (χ0n) is 16.9. The third kappa shape index (κ3) is 6.32. The van der Waals surface area contributed by atoms with Crippen LogP contribution in [0.2, 0.25) is 0 Å². The lowest BCUT2D eigenvalue weighted by molar-refractivity contribution is -0.124. The Labute approximate surface area is 171 Å². The number of hydrogen-bond acceptors (Lipinski definition) is 6. The molecule has 0 aliphatic carbocycles. The number of amides is 1. The van der Waals surface area contributed by atoms with Gasteiger partial charge in [-0.15, -0.1) is 0 Å². The largest absolute Gasteiger partial charge is 0.452 e. The molecule has 0 saturated heterocycles. The van der Waals surface area contributed by atoms with Gasteiger partial charge in [0, 0.05) is 6.04 Å². The number of aryl methyl sites for hydroxylation is 2. The van der Waals surface area contributed by atoms with Gasteiger partial charge in [-0.3, -0.25) is 4.79 Å². The zero-order chi connectivity index (χ0) is 21.6. The van der Waals surface area contributed by atoms with Crippen molar-refractivity contribution < 1.29 is 26.9 Å². The van der Waals surface area contributed by atoms with Crippen LogP contribution in [0.1, 0.15) is 41.8 Å². The molecule has 0 bridgehead atoms. The fourth-order valence-electron chi connectivity index (χ4n) is 2.43. The fraction of sp³-hybridized carbons (Fsp3) is 0.333. The molecule has 156 valence electrons. The predicted molar refractivity (Wildman–Crippen MR) is 108 cm³/mol. The summed E-state index contributed by atoms with van der Waals surface area (Å²) in [6, 6.07) is 10.5. The van der Waals surface area contributed by atoms with Crippen LogP contribution >= 0.6 is 0 Å². The second-order valence-electron chi connectivity index (χ2n) is 6.78. The van der Waals surface area contributed by atoms with E-state index < -0.39 is 16.1 Å². The highest BCUT2D eigenvalue weighted by molar-refractivity contribution is 7.87. The van der Waals surface area contributed by atoms with E-state index in [-0.39, 0.29) is 34.8 Å². The average molecular weight is 419 g/mol. The van der Waals surface area contributed by atoms with Crippen LogP contribution < -0.4 is 9.50 Å². The highest BCUT2D eigenvalue weighted by Crippen LogP contribution is 2.22. The number of nitrogens with one attached hydrogen (secondary N) is 1. The molecule has 0 radical (unpaired) electrons. The number of esters is 1. The number of benzene rings is 2. The molecule has 0 heterocycles. The molecule has 7 nitrogen and oxygen atoms in total. The third-order valence-corrected chi connectivity index (χ3v) is 5.65. The first kappa shape index (κ1) is 22.4. The van der Waals surface area contributed by atoms with Gasteiger partial charge in [0.2, 0.25) is 0 Å². The lowest BCUT2D eigenvalue weighted by Gasteiger charge is -2.12. The van der Waals surface area contributed by atoms with Gasteiger partial charge in [0.25, 0.3) is 5.91 Å². The molecule has 2 rings (SSSR count). The average Bonchev–Trinajstić information content (AvgIpc) is 2.68. The molecule has 8 heteroatoms. The highest BCUT2D eigenvalue weighted by Gasteiger charge is 2.20. The van der Waals surface area contributed by atoms with Crippen molar-refractivity contribution in [3.63, 3.8) is 0 Å². The monoisotopic (exact) mass is 419 g/mol. The van der Waals surface area contributed by atoms with Crippen molar-refractivity contribution in [1.29, 1.82) is 0 Å². The molecular weight excluding hydrogens is 394 g/mol. The van der Waals surface area contributed by atoms with E-state index in [1.165, 1.54) is 24.3 Å². The Hall–Kier alpha value is -2.87. The molecule has 2 aromatic rings. The topological polar surface area (TPSA) is 98.8 Å². The first-order valence-electron chi connectivity index (χ1n) is 9.20. The van der Waals surface area contributed by atoms with E-state index in [1.54, 1.807) is 26.0 Å². The van der Waals surface area contributed by atoms with Crippen LogP contribution in [0.3, 0.4) is 0 Å². The SMILES string of the molecule is CC[C@H](C)NC(=O)COC(=O)c1ccc(OS(=O)(=O)c2cc(C)ccc2C)cc1. The second kappa shape index (κ2) is 9.56. The molecular formula is C21H25NO6S. The smallest absolute Gasteiger partial charge is 0.339 e. The first-order valence-corrected chi connectivity index (χ1v) is 10.6. The van der Waals surface area contributed by atoms with E-state index >= 15 is 0 Å². The Morgan fingerprint density at radius 1 is 1.07 bits per heavy atom. The summed E-state index contributed by atoms with van der Waals surface area (Å²) in [5.41, 5.74) is 1.55. The Kier molecular flexibility index (Phi) is 7.39. The van der Waals surface area contributed by atoms with Crippen LogP contribution in [0.15, 0.2) is 47.4 Å². The molecule has 1 N–H and O–H groups in total. The van der Waals surface area contributed by atoms with E-state index in [9.17, 15) is 18.0 Å². The van der Waals surface area contributed by atoms with Gasteiger partial charge in [0.1, 0.15) is 10.6 Å². The van der Waals surface area contributed by atoms with Gasteiger partial charge in [0.05, 0.1) is 5.56 Å². The summed E-state index contributed by atoms with van der Waals surface area (Å²) in [6.07, 6.45) is 0.770. The highest BCUT2D eigenvalue weighted by atomic mass is 32.2. The molecule has 29 heavy (non-hydrogen) atoms. The number of carbonyl (C=O) groups is 2. The Balaban J connectivity index is 2.02. The van der Waals surface area contributed by atoms with Crippen molar-refractivity contribution in [2.75, 3.05) is 6.61 Å². The van der Waals surface area contributed by atoms with Crippen LogP contribution in [0.25, 0.3) is 0 Å². The molecule has 1 atom stereocenters. The Morgan fingerprint density at radius 3 is 2.34 bits per heavy atom. The first-order chi connectivity index (χ1) is 13.6.